The zero-order chi connectivity index (χ0) is 13.8. The van der Waals surface area contributed by atoms with Gasteiger partial charge in [0, 0.05) is 4.83 Å². The Hall–Kier alpha value is -0.0200. The Bertz CT molecular complexity index is 383. The van der Waals surface area contributed by atoms with Gasteiger partial charge in [-0.1, -0.05) is 42.8 Å². The molecule has 0 radical (unpaired) electrons. The number of benzene rings is 1. The van der Waals surface area contributed by atoms with Crippen molar-refractivity contribution in [1.82, 2.24) is 0 Å². The first-order valence-electron chi connectivity index (χ1n) is 6.31. The fraction of sp³-hybridized carbons (Fsp3) is 0.600. The fourth-order valence-electron chi connectivity index (χ4n) is 1.78. The lowest BCUT2D eigenvalue weighted by atomic mass is 9.89. The van der Waals surface area contributed by atoms with Crippen LogP contribution in [0.15, 0.2) is 22.7 Å². The summed E-state index contributed by atoms with van der Waals surface area (Å²) >= 11 is 7.31. The summed E-state index contributed by atoms with van der Waals surface area (Å²) in [5.41, 5.74) is 1.69. The highest BCUT2D eigenvalue weighted by Gasteiger charge is 2.20. The zero-order valence-electron chi connectivity index (χ0n) is 11.6. The van der Waals surface area contributed by atoms with Crippen LogP contribution in [0.1, 0.15) is 39.2 Å². The van der Waals surface area contributed by atoms with Gasteiger partial charge in [0.25, 0.3) is 0 Å². The minimum Gasteiger partial charge on any atom is -0.496 e. The van der Waals surface area contributed by atoms with Crippen LogP contribution >= 0.6 is 31.9 Å². The summed E-state index contributed by atoms with van der Waals surface area (Å²) in [7, 11) is 1.69. The Morgan fingerprint density at radius 2 is 1.94 bits per heavy atom. The molecule has 1 unspecified atom stereocenters. The summed E-state index contributed by atoms with van der Waals surface area (Å²) < 4.78 is 6.27. The highest BCUT2D eigenvalue weighted by atomic mass is 79.9. The summed E-state index contributed by atoms with van der Waals surface area (Å²) in [6, 6.07) is 6.32. The van der Waals surface area contributed by atoms with Crippen LogP contribution in [0.4, 0.5) is 0 Å². The minimum absolute atomic E-state index is 0.334. The first-order valence-corrected chi connectivity index (χ1v) is 8.02. The number of methoxy groups -OCH3 is 1. The van der Waals surface area contributed by atoms with Gasteiger partial charge in [0.2, 0.25) is 0 Å². The highest BCUT2D eigenvalue weighted by Crippen LogP contribution is 2.31. The number of ether oxygens (including phenoxy) is 1. The molecule has 102 valence electrons. The van der Waals surface area contributed by atoms with Gasteiger partial charge in [-0.3, -0.25) is 0 Å². The van der Waals surface area contributed by atoms with Crippen LogP contribution in [0.25, 0.3) is 0 Å². The largest absolute Gasteiger partial charge is 0.496 e. The number of halogens is 2. The van der Waals surface area contributed by atoms with E-state index in [2.05, 4.69) is 64.8 Å². The molecule has 0 bridgehead atoms. The molecule has 1 rings (SSSR count). The first-order chi connectivity index (χ1) is 8.34. The lowest BCUT2D eigenvalue weighted by Gasteiger charge is -2.25. The molecule has 0 aliphatic rings. The van der Waals surface area contributed by atoms with Gasteiger partial charge in [-0.05, 0) is 58.3 Å². The predicted molar refractivity (Wildman–Crippen MR) is 85.8 cm³/mol. The number of hydrogen-bond acceptors (Lipinski definition) is 1. The van der Waals surface area contributed by atoms with E-state index in [1.807, 2.05) is 6.07 Å². The van der Waals surface area contributed by atoms with E-state index in [9.17, 15) is 0 Å². The Morgan fingerprint density at radius 1 is 1.28 bits per heavy atom. The first kappa shape index (κ1) is 16.0. The van der Waals surface area contributed by atoms with E-state index in [1.165, 1.54) is 18.4 Å². The van der Waals surface area contributed by atoms with Crippen molar-refractivity contribution < 1.29 is 4.74 Å². The molecule has 0 heterocycles. The van der Waals surface area contributed by atoms with Crippen LogP contribution in [0, 0.1) is 5.41 Å². The second-order valence-electron chi connectivity index (χ2n) is 5.69. The van der Waals surface area contributed by atoms with Gasteiger partial charge in [-0.15, -0.1) is 0 Å². The molecule has 1 nitrogen and oxygen atoms in total. The quantitative estimate of drug-likeness (QED) is 0.607. The van der Waals surface area contributed by atoms with Crippen molar-refractivity contribution in [2.24, 2.45) is 5.41 Å². The number of rotatable bonds is 5. The summed E-state index contributed by atoms with van der Waals surface area (Å²) in [6.07, 6.45) is 3.51. The van der Waals surface area contributed by atoms with Gasteiger partial charge in [0.1, 0.15) is 5.75 Å². The maximum Gasteiger partial charge on any atom is 0.133 e. The van der Waals surface area contributed by atoms with Crippen LogP contribution in [0.3, 0.4) is 0 Å². The monoisotopic (exact) mass is 376 g/mol. The molecule has 3 heteroatoms. The van der Waals surface area contributed by atoms with E-state index < -0.39 is 0 Å². The Kier molecular flexibility index (Phi) is 6.19. The molecule has 0 amide bonds. The Morgan fingerprint density at radius 3 is 2.44 bits per heavy atom. The molecular formula is C15H22Br2O. The third-order valence-electron chi connectivity index (χ3n) is 3.08. The van der Waals surface area contributed by atoms with Gasteiger partial charge < -0.3 is 4.74 Å². The van der Waals surface area contributed by atoms with Crippen molar-refractivity contribution in [1.29, 1.82) is 0 Å². The summed E-state index contributed by atoms with van der Waals surface area (Å²) in [5.74, 6) is 0.895. The van der Waals surface area contributed by atoms with Crippen LogP contribution in [-0.2, 0) is 6.42 Å². The van der Waals surface area contributed by atoms with E-state index in [4.69, 9.17) is 4.74 Å². The molecule has 0 N–H and O–H groups in total. The van der Waals surface area contributed by atoms with Crippen molar-refractivity contribution in [3.05, 3.63) is 28.2 Å². The average Bonchev–Trinajstić information content (AvgIpc) is 2.28. The van der Waals surface area contributed by atoms with Crippen LogP contribution in [0.2, 0.25) is 0 Å². The topological polar surface area (TPSA) is 9.23 Å². The molecule has 0 saturated carbocycles. The third kappa shape index (κ3) is 4.93. The van der Waals surface area contributed by atoms with E-state index in [-0.39, 0.29) is 0 Å². The minimum atomic E-state index is 0.334. The zero-order valence-corrected chi connectivity index (χ0v) is 14.8. The molecular weight excluding hydrogens is 356 g/mol. The number of alkyl halides is 1. The van der Waals surface area contributed by atoms with Crippen molar-refractivity contribution in [2.75, 3.05) is 7.11 Å². The van der Waals surface area contributed by atoms with Crippen LogP contribution in [-0.4, -0.2) is 11.9 Å². The van der Waals surface area contributed by atoms with Gasteiger partial charge >= 0.3 is 0 Å². The smallest absolute Gasteiger partial charge is 0.133 e. The number of hydrogen-bond donors (Lipinski definition) is 0. The lowest BCUT2D eigenvalue weighted by Crippen LogP contribution is -2.20. The van der Waals surface area contributed by atoms with E-state index in [0.29, 0.717) is 10.2 Å². The molecule has 0 aliphatic carbocycles. The van der Waals surface area contributed by atoms with Gasteiger partial charge in [0.15, 0.2) is 0 Å². The molecule has 1 aromatic rings. The molecule has 18 heavy (non-hydrogen) atoms. The normalized spacial score (nSPS) is 13.4. The summed E-state index contributed by atoms with van der Waals surface area (Å²) in [5, 5.41) is 0. The van der Waals surface area contributed by atoms with Crippen LogP contribution < -0.4 is 4.74 Å². The van der Waals surface area contributed by atoms with E-state index in [0.717, 1.165) is 16.6 Å². The second kappa shape index (κ2) is 6.95. The standard InChI is InChI=1S/C15H22Br2O/c1-15(2,3)14(17)7-5-6-11-8-9-13(18-4)12(16)10-11/h8-10,14H,5-7H2,1-4H3. The fourth-order valence-corrected chi connectivity index (χ4v) is 2.70. The molecule has 0 saturated heterocycles. The van der Waals surface area contributed by atoms with Crippen molar-refractivity contribution in [2.45, 2.75) is 44.9 Å². The highest BCUT2D eigenvalue weighted by molar-refractivity contribution is 9.10. The van der Waals surface area contributed by atoms with Crippen LogP contribution in [0.5, 0.6) is 5.75 Å². The number of aryl methyl sites for hydroxylation is 1. The van der Waals surface area contributed by atoms with Crippen molar-refractivity contribution in [3.8, 4) is 5.75 Å². The van der Waals surface area contributed by atoms with Gasteiger partial charge in [-0.2, -0.15) is 0 Å². The molecule has 0 aliphatic heterocycles. The maximum absolute atomic E-state index is 5.23. The Balaban J connectivity index is 2.47. The van der Waals surface area contributed by atoms with Crippen molar-refractivity contribution in [3.63, 3.8) is 0 Å². The van der Waals surface area contributed by atoms with E-state index in [1.54, 1.807) is 7.11 Å². The lowest BCUT2D eigenvalue weighted by molar-refractivity contribution is 0.380. The second-order valence-corrected chi connectivity index (χ2v) is 7.65. The average molecular weight is 378 g/mol. The molecule has 1 atom stereocenters. The third-order valence-corrected chi connectivity index (χ3v) is 5.53. The maximum atomic E-state index is 5.23. The SMILES string of the molecule is COc1ccc(CCCC(Br)C(C)(C)C)cc1Br. The summed E-state index contributed by atoms with van der Waals surface area (Å²) in [4.78, 5) is 0.576. The molecule has 0 fully saturated rings. The molecule has 0 aromatic heterocycles. The van der Waals surface area contributed by atoms with Gasteiger partial charge in [-0.25, -0.2) is 0 Å². The predicted octanol–water partition coefficient (Wildman–Crippen LogP) is 5.59. The Labute approximate surface area is 128 Å². The van der Waals surface area contributed by atoms with E-state index >= 15 is 0 Å². The molecule has 0 spiro atoms. The summed E-state index contributed by atoms with van der Waals surface area (Å²) in [6.45, 7) is 6.82. The van der Waals surface area contributed by atoms with Crippen molar-refractivity contribution >= 4 is 31.9 Å². The van der Waals surface area contributed by atoms with Gasteiger partial charge in [0.05, 0.1) is 11.6 Å². The molecule has 1 aromatic carbocycles.